The number of benzene rings is 1. The van der Waals surface area contributed by atoms with Gasteiger partial charge in [0.15, 0.2) is 5.43 Å². The van der Waals surface area contributed by atoms with E-state index < -0.39 is 0 Å². The van der Waals surface area contributed by atoms with Crippen molar-refractivity contribution in [3.05, 3.63) is 45.7 Å². The van der Waals surface area contributed by atoms with Gasteiger partial charge in [-0.1, -0.05) is 11.6 Å². The van der Waals surface area contributed by atoms with Crippen molar-refractivity contribution in [1.29, 1.82) is 0 Å². The maximum atomic E-state index is 11.8. The molecule has 0 aliphatic carbocycles. The molecule has 15 heavy (non-hydrogen) atoms. The molecule has 0 unspecified atom stereocenters. The monoisotopic (exact) mass is 203 g/mol. The van der Waals surface area contributed by atoms with Crippen molar-refractivity contribution in [3.8, 4) is 0 Å². The Labute approximate surface area is 87.9 Å². The molecule has 1 heterocycles. The van der Waals surface area contributed by atoms with E-state index in [4.69, 9.17) is 4.84 Å². The Morgan fingerprint density at radius 2 is 1.93 bits per heavy atom. The third-order valence-electron chi connectivity index (χ3n) is 2.48. The van der Waals surface area contributed by atoms with Crippen LogP contribution in [0.5, 0.6) is 0 Å². The second-order valence-corrected chi connectivity index (χ2v) is 3.65. The van der Waals surface area contributed by atoms with Crippen LogP contribution in [0.25, 0.3) is 10.9 Å². The van der Waals surface area contributed by atoms with Crippen LogP contribution in [0.2, 0.25) is 0 Å². The lowest BCUT2D eigenvalue weighted by molar-refractivity contribution is 0.171. The summed E-state index contributed by atoms with van der Waals surface area (Å²) in [5, 5.41) is 0.697. The van der Waals surface area contributed by atoms with E-state index in [1.807, 2.05) is 32.0 Å². The van der Waals surface area contributed by atoms with Crippen LogP contribution in [0.3, 0.4) is 0 Å². The fourth-order valence-electron chi connectivity index (χ4n) is 1.78. The van der Waals surface area contributed by atoms with E-state index in [-0.39, 0.29) is 5.43 Å². The summed E-state index contributed by atoms with van der Waals surface area (Å²) in [4.78, 5) is 17.0. The molecule has 2 aromatic rings. The average molecular weight is 203 g/mol. The molecule has 78 valence electrons. The van der Waals surface area contributed by atoms with Crippen molar-refractivity contribution < 1.29 is 4.84 Å². The third kappa shape index (κ3) is 1.50. The number of rotatable bonds is 1. The van der Waals surface area contributed by atoms with Crippen molar-refractivity contribution in [2.45, 2.75) is 13.8 Å². The average Bonchev–Trinajstić information content (AvgIpc) is 2.19. The van der Waals surface area contributed by atoms with Crippen molar-refractivity contribution >= 4 is 10.9 Å². The van der Waals surface area contributed by atoms with Crippen LogP contribution >= 0.6 is 0 Å². The van der Waals surface area contributed by atoms with Crippen LogP contribution in [0.15, 0.2) is 29.1 Å². The molecule has 0 fully saturated rings. The zero-order valence-electron chi connectivity index (χ0n) is 9.07. The molecule has 0 amide bonds. The standard InChI is InChI=1S/C12H13NO2/c1-8-4-5-11-10(6-8)12(14)7-9(2)13(11)15-3/h4-7H,1-3H3. The highest BCUT2D eigenvalue weighted by molar-refractivity contribution is 5.79. The molecule has 2 rings (SSSR count). The lowest BCUT2D eigenvalue weighted by Crippen LogP contribution is -2.16. The molecule has 0 N–H and O–H groups in total. The number of aromatic nitrogens is 1. The minimum atomic E-state index is 0.0412. The van der Waals surface area contributed by atoms with E-state index >= 15 is 0 Å². The first-order valence-corrected chi connectivity index (χ1v) is 4.81. The van der Waals surface area contributed by atoms with E-state index in [1.165, 1.54) is 0 Å². The number of aryl methyl sites for hydroxylation is 2. The van der Waals surface area contributed by atoms with Gasteiger partial charge in [-0.15, -0.1) is 0 Å². The molecule has 3 nitrogen and oxygen atoms in total. The molecule has 0 bridgehead atoms. The molecule has 0 spiro atoms. The number of fused-ring (bicyclic) bond motifs is 1. The summed E-state index contributed by atoms with van der Waals surface area (Å²) >= 11 is 0. The van der Waals surface area contributed by atoms with Gasteiger partial charge in [0, 0.05) is 11.5 Å². The molecule has 1 aromatic heterocycles. The molecule has 3 heteroatoms. The minimum absolute atomic E-state index is 0.0412. The van der Waals surface area contributed by atoms with Gasteiger partial charge in [0.05, 0.1) is 11.2 Å². The normalized spacial score (nSPS) is 10.6. The highest BCUT2D eigenvalue weighted by Crippen LogP contribution is 2.13. The number of hydrogen-bond acceptors (Lipinski definition) is 2. The Morgan fingerprint density at radius 1 is 1.20 bits per heavy atom. The van der Waals surface area contributed by atoms with Crippen LogP contribution in [-0.2, 0) is 0 Å². The Hall–Kier alpha value is -1.77. The maximum Gasteiger partial charge on any atom is 0.189 e. The largest absolute Gasteiger partial charge is 0.417 e. The predicted octanol–water partition coefficient (Wildman–Crippen LogP) is 1.68. The van der Waals surface area contributed by atoms with E-state index in [0.29, 0.717) is 5.39 Å². The van der Waals surface area contributed by atoms with Crippen LogP contribution in [-0.4, -0.2) is 11.8 Å². The van der Waals surface area contributed by atoms with Gasteiger partial charge >= 0.3 is 0 Å². The van der Waals surface area contributed by atoms with Gasteiger partial charge in [0.2, 0.25) is 0 Å². The fraction of sp³-hybridized carbons (Fsp3) is 0.250. The van der Waals surface area contributed by atoms with Gasteiger partial charge in [0.1, 0.15) is 7.11 Å². The third-order valence-corrected chi connectivity index (χ3v) is 2.48. The lowest BCUT2D eigenvalue weighted by atomic mass is 10.1. The summed E-state index contributed by atoms with van der Waals surface area (Å²) in [7, 11) is 1.59. The minimum Gasteiger partial charge on any atom is -0.417 e. The predicted molar refractivity (Wildman–Crippen MR) is 60.2 cm³/mol. The van der Waals surface area contributed by atoms with E-state index in [9.17, 15) is 4.79 Å². The second kappa shape index (κ2) is 3.42. The van der Waals surface area contributed by atoms with Crippen LogP contribution < -0.4 is 10.3 Å². The molecular weight excluding hydrogens is 190 g/mol. The zero-order chi connectivity index (χ0) is 11.0. The quantitative estimate of drug-likeness (QED) is 0.706. The maximum absolute atomic E-state index is 11.8. The van der Waals surface area contributed by atoms with Gasteiger partial charge in [-0.3, -0.25) is 4.79 Å². The summed E-state index contributed by atoms with van der Waals surface area (Å²) in [5.41, 5.74) is 2.73. The Morgan fingerprint density at radius 3 is 2.60 bits per heavy atom. The molecule has 0 aliphatic heterocycles. The Kier molecular flexibility index (Phi) is 2.23. The van der Waals surface area contributed by atoms with E-state index in [0.717, 1.165) is 16.8 Å². The summed E-state index contributed by atoms with van der Waals surface area (Å²) in [6, 6.07) is 7.34. The summed E-state index contributed by atoms with van der Waals surface area (Å²) < 4.78 is 1.66. The first kappa shape index (κ1) is 9.77. The molecule has 0 aliphatic rings. The SMILES string of the molecule is COn1c(C)cc(=O)c2cc(C)ccc21. The highest BCUT2D eigenvalue weighted by Gasteiger charge is 2.06. The second-order valence-electron chi connectivity index (χ2n) is 3.65. The first-order chi connectivity index (χ1) is 7.13. The fourth-order valence-corrected chi connectivity index (χ4v) is 1.78. The van der Waals surface area contributed by atoms with E-state index in [2.05, 4.69) is 0 Å². The van der Waals surface area contributed by atoms with Gasteiger partial charge in [-0.2, -0.15) is 4.73 Å². The van der Waals surface area contributed by atoms with E-state index in [1.54, 1.807) is 17.9 Å². The Balaban J connectivity index is 2.96. The topological polar surface area (TPSA) is 31.2 Å². The zero-order valence-corrected chi connectivity index (χ0v) is 9.07. The van der Waals surface area contributed by atoms with Crippen molar-refractivity contribution in [2.24, 2.45) is 0 Å². The van der Waals surface area contributed by atoms with Gasteiger partial charge in [-0.05, 0) is 26.0 Å². The van der Waals surface area contributed by atoms with Crippen molar-refractivity contribution in [1.82, 2.24) is 4.73 Å². The van der Waals surface area contributed by atoms with Gasteiger partial charge in [0.25, 0.3) is 0 Å². The Bertz CT molecular complexity index is 570. The number of pyridine rings is 1. The van der Waals surface area contributed by atoms with Crippen LogP contribution in [0.4, 0.5) is 0 Å². The molecule has 1 aromatic carbocycles. The van der Waals surface area contributed by atoms with Gasteiger partial charge in [-0.25, -0.2) is 0 Å². The highest BCUT2D eigenvalue weighted by atomic mass is 16.6. The lowest BCUT2D eigenvalue weighted by Gasteiger charge is -2.12. The molecule has 0 saturated carbocycles. The van der Waals surface area contributed by atoms with Crippen LogP contribution in [0.1, 0.15) is 11.3 Å². The van der Waals surface area contributed by atoms with Gasteiger partial charge < -0.3 is 4.84 Å². The summed E-state index contributed by atoms with van der Waals surface area (Å²) in [6.07, 6.45) is 0. The smallest absolute Gasteiger partial charge is 0.189 e. The summed E-state index contributed by atoms with van der Waals surface area (Å²) in [6.45, 7) is 3.82. The van der Waals surface area contributed by atoms with Crippen molar-refractivity contribution in [3.63, 3.8) is 0 Å². The molecular formula is C12H13NO2. The van der Waals surface area contributed by atoms with Crippen molar-refractivity contribution in [2.75, 3.05) is 7.11 Å². The number of nitrogens with zero attached hydrogens (tertiary/aromatic N) is 1. The van der Waals surface area contributed by atoms with Crippen LogP contribution in [0, 0.1) is 13.8 Å². The first-order valence-electron chi connectivity index (χ1n) is 4.81. The molecule has 0 saturated heterocycles. The molecule has 0 radical (unpaired) electrons. The summed E-state index contributed by atoms with van der Waals surface area (Å²) in [5.74, 6) is 0. The number of hydrogen-bond donors (Lipinski definition) is 0. The molecule has 0 atom stereocenters.